The lowest BCUT2D eigenvalue weighted by molar-refractivity contribution is 0.0696. The number of unbranched alkanes of at least 4 members (excludes halogenated alkanes) is 1. The van der Waals surface area contributed by atoms with Gasteiger partial charge in [-0.25, -0.2) is 4.79 Å². The molecular weight excluding hydrogens is 250 g/mol. The highest BCUT2D eigenvalue weighted by molar-refractivity contribution is 5.88. The Bertz CT molecular complexity index is 441. The number of benzene rings is 1. The van der Waals surface area contributed by atoms with E-state index < -0.39 is 5.97 Å². The van der Waals surface area contributed by atoms with Crippen molar-refractivity contribution in [3.63, 3.8) is 0 Å². The SMILES string of the molecule is CCCCC(CC)Cc1cc(C(=O)O)ccc1N(C)C. The fourth-order valence-corrected chi connectivity index (χ4v) is 2.57. The molecule has 0 saturated heterocycles. The summed E-state index contributed by atoms with van der Waals surface area (Å²) in [5, 5.41) is 9.16. The van der Waals surface area contributed by atoms with Crippen molar-refractivity contribution in [2.24, 2.45) is 5.92 Å². The lowest BCUT2D eigenvalue weighted by atomic mass is 9.90. The van der Waals surface area contributed by atoms with Gasteiger partial charge in [-0.3, -0.25) is 0 Å². The van der Waals surface area contributed by atoms with Crippen molar-refractivity contribution in [1.29, 1.82) is 0 Å². The summed E-state index contributed by atoms with van der Waals surface area (Å²) in [5.74, 6) is -0.212. The van der Waals surface area contributed by atoms with Crippen LogP contribution in [-0.4, -0.2) is 25.2 Å². The maximum Gasteiger partial charge on any atom is 0.335 e. The van der Waals surface area contributed by atoms with E-state index in [0.717, 1.165) is 24.1 Å². The van der Waals surface area contributed by atoms with Gasteiger partial charge in [0, 0.05) is 19.8 Å². The van der Waals surface area contributed by atoms with Crippen LogP contribution in [0.1, 0.15) is 55.5 Å². The van der Waals surface area contributed by atoms with Crippen LogP contribution in [0, 0.1) is 5.92 Å². The topological polar surface area (TPSA) is 40.5 Å². The molecule has 1 N–H and O–H groups in total. The molecule has 112 valence electrons. The van der Waals surface area contributed by atoms with Gasteiger partial charge in [0.1, 0.15) is 0 Å². The first kappa shape index (κ1) is 16.5. The first-order chi connectivity index (χ1) is 9.49. The number of carboxylic acid groups (broad SMARTS) is 1. The summed E-state index contributed by atoms with van der Waals surface area (Å²) in [6.45, 7) is 4.43. The molecule has 0 bridgehead atoms. The first-order valence-corrected chi connectivity index (χ1v) is 7.53. The summed E-state index contributed by atoms with van der Waals surface area (Å²) in [5.41, 5.74) is 2.67. The second kappa shape index (κ2) is 7.93. The fraction of sp³-hybridized carbons (Fsp3) is 0.588. The summed E-state index contributed by atoms with van der Waals surface area (Å²) in [4.78, 5) is 13.2. The molecule has 0 radical (unpaired) electrons. The highest BCUT2D eigenvalue weighted by atomic mass is 16.4. The second-order valence-electron chi connectivity index (χ2n) is 5.66. The molecule has 0 fully saturated rings. The minimum atomic E-state index is -0.849. The highest BCUT2D eigenvalue weighted by Gasteiger charge is 2.14. The Balaban J connectivity index is 2.99. The second-order valence-corrected chi connectivity index (χ2v) is 5.66. The third-order valence-corrected chi connectivity index (χ3v) is 3.86. The van der Waals surface area contributed by atoms with E-state index in [-0.39, 0.29) is 0 Å². The van der Waals surface area contributed by atoms with Gasteiger partial charge in [0.25, 0.3) is 0 Å². The summed E-state index contributed by atoms with van der Waals surface area (Å²) < 4.78 is 0. The molecule has 1 aromatic rings. The Morgan fingerprint density at radius 3 is 2.50 bits per heavy atom. The number of nitrogens with zero attached hydrogens (tertiary/aromatic N) is 1. The van der Waals surface area contributed by atoms with Crippen LogP contribution >= 0.6 is 0 Å². The van der Waals surface area contributed by atoms with Crippen molar-refractivity contribution in [2.75, 3.05) is 19.0 Å². The van der Waals surface area contributed by atoms with Crippen LogP contribution in [0.25, 0.3) is 0 Å². The van der Waals surface area contributed by atoms with Gasteiger partial charge in [-0.2, -0.15) is 0 Å². The maximum absolute atomic E-state index is 11.1. The van der Waals surface area contributed by atoms with Gasteiger partial charge < -0.3 is 10.0 Å². The van der Waals surface area contributed by atoms with E-state index in [4.69, 9.17) is 5.11 Å². The molecule has 0 spiro atoms. The molecule has 1 unspecified atom stereocenters. The van der Waals surface area contributed by atoms with Crippen molar-refractivity contribution in [2.45, 2.75) is 46.0 Å². The Morgan fingerprint density at radius 2 is 2.00 bits per heavy atom. The molecule has 1 atom stereocenters. The number of carbonyl (C=O) groups is 1. The van der Waals surface area contributed by atoms with Crippen LogP contribution in [0.2, 0.25) is 0 Å². The molecule has 0 aliphatic heterocycles. The minimum absolute atomic E-state index is 0.385. The van der Waals surface area contributed by atoms with E-state index in [1.165, 1.54) is 19.3 Å². The molecule has 0 amide bonds. The predicted octanol–water partition coefficient (Wildman–Crippen LogP) is 4.21. The number of aromatic carboxylic acids is 1. The number of anilines is 1. The zero-order chi connectivity index (χ0) is 15.1. The van der Waals surface area contributed by atoms with E-state index in [9.17, 15) is 4.79 Å². The Labute approximate surface area is 122 Å². The molecule has 3 nitrogen and oxygen atoms in total. The van der Waals surface area contributed by atoms with Gasteiger partial charge in [-0.15, -0.1) is 0 Å². The molecule has 1 rings (SSSR count). The van der Waals surface area contributed by atoms with Gasteiger partial charge in [0.2, 0.25) is 0 Å². The van der Waals surface area contributed by atoms with Crippen LogP contribution < -0.4 is 4.90 Å². The lowest BCUT2D eigenvalue weighted by Crippen LogP contribution is -2.14. The van der Waals surface area contributed by atoms with Crippen molar-refractivity contribution >= 4 is 11.7 Å². The molecule has 20 heavy (non-hydrogen) atoms. The number of hydrogen-bond acceptors (Lipinski definition) is 2. The van der Waals surface area contributed by atoms with Crippen molar-refractivity contribution in [1.82, 2.24) is 0 Å². The molecule has 0 saturated carbocycles. The largest absolute Gasteiger partial charge is 0.478 e. The Morgan fingerprint density at radius 1 is 1.30 bits per heavy atom. The standard InChI is InChI=1S/C17H27NO2/c1-5-7-8-13(6-2)11-15-12-14(17(19)20)9-10-16(15)18(3)4/h9-10,12-13H,5-8,11H2,1-4H3,(H,19,20). The van der Waals surface area contributed by atoms with Crippen LogP contribution in [0.3, 0.4) is 0 Å². The van der Waals surface area contributed by atoms with E-state index in [1.807, 2.05) is 26.2 Å². The molecule has 1 aromatic carbocycles. The van der Waals surface area contributed by atoms with E-state index in [1.54, 1.807) is 6.07 Å². The number of carboxylic acids is 1. The van der Waals surface area contributed by atoms with Crippen LogP contribution in [0.4, 0.5) is 5.69 Å². The van der Waals surface area contributed by atoms with E-state index >= 15 is 0 Å². The molecule has 0 aromatic heterocycles. The van der Waals surface area contributed by atoms with Crippen molar-refractivity contribution in [3.8, 4) is 0 Å². The van der Waals surface area contributed by atoms with Gasteiger partial charge in [0.15, 0.2) is 0 Å². The normalized spacial score (nSPS) is 12.2. The summed E-state index contributed by atoms with van der Waals surface area (Å²) in [6, 6.07) is 5.45. The monoisotopic (exact) mass is 277 g/mol. The molecular formula is C17H27NO2. The lowest BCUT2D eigenvalue weighted by Gasteiger charge is -2.21. The van der Waals surface area contributed by atoms with Crippen LogP contribution in [0.5, 0.6) is 0 Å². The maximum atomic E-state index is 11.1. The average molecular weight is 277 g/mol. The van der Waals surface area contributed by atoms with Crippen molar-refractivity contribution < 1.29 is 9.90 Å². The summed E-state index contributed by atoms with van der Waals surface area (Å²) in [6.07, 6.45) is 5.78. The molecule has 0 aliphatic carbocycles. The fourth-order valence-electron chi connectivity index (χ4n) is 2.57. The Hall–Kier alpha value is -1.51. The van der Waals surface area contributed by atoms with Gasteiger partial charge in [0.05, 0.1) is 5.56 Å². The molecule has 3 heteroatoms. The molecule has 0 aliphatic rings. The zero-order valence-electron chi connectivity index (χ0n) is 13.1. The van der Waals surface area contributed by atoms with Gasteiger partial charge in [-0.05, 0) is 36.1 Å². The molecule has 0 heterocycles. The van der Waals surface area contributed by atoms with E-state index in [2.05, 4.69) is 18.7 Å². The third kappa shape index (κ3) is 4.55. The average Bonchev–Trinajstić information content (AvgIpc) is 2.42. The van der Waals surface area contributed by atoms with Crippen LogP contribution in [0.15, 0.2) is 18.2 Å². The minimum Gasteiger partial charge on any atom is -0.478 e. The summed E-state index contributed by atoms with van der Waals surface area (Å²) >= 11 is 0. The zero-order valence-corrected chi connectivity index (χ0v) is 13.1. The number of hydrogen-bond donors (Lipinski definition) is 1. The van der Waals surface area contributed by atoms with Gasteiger partial charge >= 0.3 is 5.97 Å². The highest BCUT2D eigenvalue weighted by Crippen LogP contribution is 2.26. The summed E-state index contributed by atoms with van der Waals surface area (Å²) in [7, 11) is 4.01. The van der Waals surface area contributed by atoms with Gasteiger partial charge in [-0.1, -0.05) is 39.5 Å². The Kier molecular flexibility index (Phi) is 6.56. The van der Waals surface area contributed by atoms with Crippen LogP contribution in [-0.2, 0) is 6.42 Å². The smallest absolute Gasteiger partial charge is 0.335 e. The van der Waals surface area contributed by atoms with Crippen molar-refractivity contribution in [3.05, 3.63) is 29.3 Å². The number of rotatable bonds is 8. The first-order valence-electron chi connectivity index (χ1n) is 7.53. The van der Waals surface area contributed by atoms with E-state index in [0.29, 0.717) is 11.5 Å². The predicted molar refractivity (Wildman–Crippen MR) is 84.7 cm³/mol. The quantitative estimate of drug-likeness (QED) is 0.773. The third-order valence-electron chi connectivity index (χ3n) is 3.86.